The lowest BCUT2D eigenvalue weighted by atomic mass is 10.1. The van der Waals surface area contributed by atoms with Crippen LogP contribution in [0.3, 0.4) is 0 Å². The van der Waals surface area contributed by atoms with Gasteiger partial charge < -0.3 is 15.4 Å². The zero-order valence-electron chi connectivity index (χ0n) is 11.7. The van der Waals surface area contributed by atoms with Gasteiger partial charge >= 0.3 is 0 Å². The number of aliphatic hydroxyl groups excluding tert-OH is 1. The van der Waals surface area contributed by atoms with Gasteiger partial charge in [0.2, 0.25) is 5.91 Å². The van der Waals surface area contributed by atoms with Crippen molar-refractivity contribution in [2.45, 2.75) is 26.2 Å². The SMILES string of the molecule is Cc1[nH]c2ccccc2c1CC(=O)NCC1(CO)CC1. The molecule has 4 heteroatoms. The standard InChI is InChI=1S/C16H20N2O2/c1-11-13(12-4-2-3-5-14(12)18-11)8-15(20)17-9-16(10-19)6-7-16/h2-5,18-19H,6-10H2,1H3,(H,17,20). The molecule has 1 aliphatic carbocycles. The quantitative estimate of drug-likeness (QED) is 0.778. The highest BCUT2D eigenvalue weighted by molar-refractivity contribution is 5.90. The monoisotopic (exact) mass is 272 g/mol. The van der Waals surface area contributed by atoms with E-state index in [4.69, 9.17) is 0 Å². The van der Waals surface area contributed by atoms with Gasteiger partial charge in [0.15, 0.2) is 0 Å². The molecule has 3 N–H and O–H groups in total. The van der Waals surface area contributed by atoms with Gasteiger partial charge in [-0.1, -0.05) is 18.2 Å². The molecule has 0 spiro atoms. The van der Waals surface area contributed by atoms with Crippen molar-refractivity contribution in [3.8, 4) is 0 Å². The fourth-order valence-corrected chi connectivity index (χ4v) is 2.64. The van der Waals surface area contributed by atoms with Gasteiger partial charge in [-0.25, -0.2) is 0 Å². The van der Waals surface area contributed by atoms with E-state index in [1.807, 2.05) is 31.2 Å². The van der Waals surface area contributed by atoms with Gasteiger partial charge in [0.25, 0.3) is 0 Å². The highest BCUT2D eigenvalue weighted by Crippen LogP contribution is 2.44. The number of hydrogen-bond acceptors (Lipinski definition) is 2. The number of aromatic nitrogens is 1. The van der Waals surface area contributed by atoms with Gasteiger partial charge in [0.05, 0.1) is 13.0 Å². The van der Waals surface area contributed by atoms with E-state index in [-0.39, 0.29) is 17.9 Å². The molecule has 20 heavy (non-hydrogen) atoms. The Morgan fingerprint density at radius 2 is 2.15 bits per heavy atom. The van der Waals surface area contributed by atoms with Crippen LogP contribution in [0.25, 0.3) is 10.9 Å². The van der Waals surface area contributed by atoms with Gasteiger partial charge in [0, 0.05) is 28.6 Å². The molecular weight excluding hydrogens is 252 g/mol. The molecule has 1 amide bonds. The molecule has 1 saturated carbocycles. The van der Waals surface area contributed by atoms with E-state index in [1.54, 1.807) is 0 Å². The van der Waals surface area contributed by atoms with Crippen molar-refractivity contribution in [3.05, 3.63) is 35.5 Å². The minimum absolute atomic E-state index is 0.0255. The lowest BCUT2D eigenvalue weighted by Gasteiger charge is -2.12. The van der Waals surface area contributed by atoms with E-state index < -0.39 is 0 Å². The van der Waals surface area contributed by atoms with Crippen molar-refractivity contribution < 1.29 is 9.90 Å². The van der Waals surface area contributed by atoms with Crippen LogP contribution in [0.2, 0.25) is 0 Å². The first kappa shape index (κ1) is 13.2. The Labute approximate surface area is 118 Å². The van der Waals surface area contributed by atoms with Gasteiger partial charge in [-0.2, -0.15) is 0 Å². The van der Waals surface area contributed by atoms with Crippen molar-refractivity contribution >= 4 is 16.8 Å². The molecule has 0 radical (unpaired) electrons. The number of rotatable bonds is 5. The fourth-order valence-electron chi connectivity index (χ4n) is 2.64. The molecule has 2 aromatic rings. The number of aromatic amines is 1. The molecule has 1 aromatic heterocycles. The van der Waals surface area contributed by atoms with Crippen LogP contribution in [-0.2, 0) is 11.2 Å². The van der Waals surface area contributed by atoms with Gasteiger partial charge in [-0.3, -0.25) is 4.79 Å². The summed E-state index contributed by atoms with van der Waals surface area (Å²) in [6, 6.07) is 8.04. The zero-order chi connectivity index (χ0) is 14.2. The lowest BCUT2D eigenvalue weighted by molar-refractivity contribution is -0.120. The average Bonchev–Trinajstić information content (AvgIpc) is 3.18. The third-order valence-corrected chi connectivity index (χ3v) is 4.32. The summed E-state index contributed by atoms with van der Waals surface area (Å²) >= 11 is 0. The molecule has 0 aliphatic heterocycles. The number of aryl methyl sites for hydroxylation is 1. The second-order valence-corrected chi connectivity index (χ2v) is 5.89. The largest absolute Gasteiger partial charge is 0.396 e. The lowest BCUT2D eigenvalue weighted by Crippen LogP contribution is -2.32. The molecule has 106 valence electrons. The predicted octanol–water partition coefficient (Wildman–Crippen LogP) is 1.91. The number of benzene rings is 1. The van der Waals surface area contributed by atoms with E-state index in [9.17, 15) is 9.90 Å². The minimum Gasteiger partial charge on any atom is -0.396 e. The van der Waals surface area contributed by atoms with Crippen LogP contribution in [0.15, 0.2) is 24.3 Å². The number of carbonyl (C=O) groups excluding carboxylic acids is 1. The van der Waals surface area contributed by atoms with E-state index >= 15 is 0 Å². The normalized spacial score (nSPS) is 16.3. The molecule has 0 unspecified atom stereocenters. The first-order valence-electron chi connectivity index (χ1n) is 7.07. The second-order valence-electron chi connectivity index (χ2n) is 5.89. The fraction of sp³-hybridized carbons (Fsp3) is 0.438. The van der Waals surface area contributed by atoms with Crippen LogP contribution in [0.5, 0.6) is 0 Å². The molecule has 1 aromatic carbocycles. The molecule has 1 heterocycles. The van der Waals surface area contributed by atoms with Crippen molar-refractivity contribution in [1.29, 1.82) is 0 Å². The van der Waals surface area contributed by atoms with Crippen LogP contribution < -0.4 is 5.32 Å². The van der Waals surface area contributed by atoms with Crippen molar-refractivity contribution in [3.63, 3.8) is 0 Å². The number of H-pyrrole nitrogens is 1. The van der Waals surface area contributed by atoms with Crippen molar-refractivity contribution in [2.24, 2.45) is 5.41 Å². The summed E-state index contributed by atoms with van der Waals surface area (Å²) < 4.78 is 0. The van der Waals surface area contributed by atoms with E-state index in [0.717, 1.165) is 35.0 Å². The maximum Gasteiger partial charge on any atom is 0.224 e. The Morgan fingerprint density at radius 3 is 2.85 bits per heavy atom. The average molecular weight is 272 g/mol. The molecule has 1 fully saturated rings. The summed E-state index contributed by atoms with van der Waals surface area (Å²) in [5.74, 6) is 0.0255. The van der Waals surface area contributed by atoms with Gasteiger partial charge in [-0.05, 0) is 31.4 Å². The zero-order valence-corrected chi connectivity index (χ0v) is 11.7. The summed E-state index contributed by atoms with van der Waals surface area (Å²) in [7, 11) is 0. The number of fused-ring (bicyclic) bond motifs is 1. The number of para-hydroxylation sites is 1. The van der Waals surface area contributed by atoms with Gasteiger partial charge in [0.1, 0.15) is 0 Å². The molecule has 4 nitrogen and oxygen atoms in total. The first-order chi connectivity index (χ1) is 9.63. The number of amides is 1. The van der Waals surface area contributed by atoms with Crippen LogP contribution in [0.4, 0.5) is 0 Å². The number of hydrogen-bond donors (Lipinski definition) is 3. The molecule has 3 rings (SSSR count). The van der Waals surface area contributed by atoms with Crippen molar-refractivity contribution in [2.75, 3.05) is 13.2 Å². The van der Waals surface area contributed by atoms with Gasteiger partial charge in [-0.15, -0.1) is 0 Å². The predicted molar refractivity (Wildman–Crippen MR) is 78.5 cm³/mol. The summed E-state index contributed by atoms with van der Waals surface area (Å²) in [5, 5.41) is 13.3. The third-order valence-electron chi connectivity index (χ3n) is 4.32. The Morgan fingerprint density at radius 1 is 1.40 bits per heavy atom. The first-order valence-corrected chi connectivity index (χ1v) is 7.07. The molecule has 1 aliphatic rings. The number of carbonyl (C=O) groups is 1. The smallest absolute Gasteiger partial charge is 0.224 e. The minimum atomic E-state index is -0.0368. The molecule has 0 atom stereocenters. The second kappa shape index (κ2) is 4.94. The maximum absolute atomic E-state index is 12.1. The summed E-state index contributed by atoms with van der Waals surface area (Å²) in [5.41, 5.74) is 3.14. The molecular formula is C16H20N2O2. The summed E-state index contributed by atoms with van der Waals surface area (Å²) in [6.07, 6.45) is 2.41. The summed E-state index contributed by atoms with van der Waals surface area (Å²) in [6.45, 7) is 2.75. The third kappa shape index (κ3) is 2.43. The number of aliphatic hydroxyl groups is 1. The van der Waals surface area contributed by atoms with E-state index in [2.05, 4.69) is 10.3 Å². The van der Waals surface area contributed by atoms with Crippen LogP contribution in [0, 0.1) is 12.3 Å². The number of nitrogens with one attached hydrogen (secondary N) is 2. The summed E-state index contributed by atoms with van der Waals surface area (Å²) in [4.78, 5) is 15.4. The highest BCUT2D eigenvalue weighted by atomic mass is 16.3. The Kier molecular flexibility index (Phi) is 3.26. The molecule has 0 saturated heterocycles. The van der Waals surface area contributed by atoms with E-state index in [0.29, 0.717) is 13.0 Å². The topological polar surface area (TPSA) is 65.1 Å². The van der Waals surface area contributed by atoms with Crippen LogP contribution in [-0.4, -0.2) is 29.1 Å². The maximum atomic E-state index is 12.1. The van der Waals surface area contributed by atoms with Crippen molar-refractivity contribution in [1.82, 2.24) is 10.3 Å². The Bertz CT molecular complexity index is 641. The van der Waals surface area contributed by atoms with Crippen LogP contribution in [0.1, 0.15) is 24.1 Å². The molecule has 0 bridgehead atoms. The van der Waals surface area contributed by atoms with E-state index in [1.165, 1.54) is 0 Å². The Balaban J connectivity index is 1.69. The van der Waals surface area contributed by atoms with Crippen LogP contribution >= 0.6 is 0 Å². The Hall–Kier alpha value is -1.81. The highest BCUT2D eigenvalue weighted by Gasteiger charge is 2.42.